The first kappa shape index (κ1) is 13.2. The molecule has 19 heavy (non-hydrogen) atoms. The van der Waals surface area contributed by atoms with E-state index in [0.717, 1.165) is 6.54 Å². The molecular weight excluding hydrogens is 230 g/mol. The molecule has 0 aliphatic heterocycles. The summed E-state index contributed by atoms with van der Waals surface area (Å²) in [6, 6.07) is 18.8. The zero-order valence-electron chi connectivity index (χ0n) is 11.3. The van der Waals surface area contributed by atoms with Crippen LogP contribution in [0.4, 0.5) is 5.69 Å². The van der Waals surface area contributed by atoms with Gasteiger partial charge in [0.25, 0.3) is 0 Å². The molecule has 0 amide bonds. The van der Waals surface area contributed by atoms with E-state index in [1.807, 2.05) is 24.3 Å². The second kappa shape index (κ2) is 6.60. The van der Waals surface area contributed by atoms with Gasteiger partial charge in [0, 0.05) is 19.3 Å². The standard InChI is InChI=1S/C18H19N/c1-3-9-16-10-7-8-11-17(16)14-15-19(2)18-12-5-4-6-13-18/h3-14H,1,15H2,2H3/b16-9-,17-14-. The minimum atomic E-state index is 0.881. The van der Waals surface area contributed by atoms with Crippen molar-refractivity contribution >= 4 is 17.8 Å². The zero-order valence-corrected chi connectivity index (χ0v) is 11.3. The van der Waals surface area contributed by atoms with E-state index in [9.17, 15) is 0 Å². The maximum Gasteiger partial charge on any atom is 0.0366 e. The van der Waals surface area contributed by atoms with E-state index in [0.29, 0.717) is 0 Å². The monoisotopic (exact) mass is 249 g/mol. The van der Waals surface area contributed by atoms with E-state index in [4.69, 9.17) is 0 Å². The van der Waals surface area contributed by atoms with Crippen LogP contribution in [-0.4, -0.2) is 13.6 Å². The maximum absolute atomic E-state index is 3.76. The third kappa shape index (κ3) is 3.59. The summed E-state index contributed by atoms with van der Waals surface area (Å²) in [5.74, 6) is 0. The van der Waals surface area contributed by atoms with Crippen molar-refractivity contribution < 1.29 is 0 Å². The molecule has 1 nitrogen and oxygen atoms in total. The third-order valence-corrected chi connectivity index (χ3v) is 3.08. The van der Waals surface area contributed by atoms with Gasteiger partial charge in [0.15, 0.2) is 0 Å². The molecule has 96 valence electrons. The van der Waals surface area contributed by atoms with Crippen LogP contribution >= 0.6 is 0 Å². The van der Waals surface area contributed by atoms with Gasteiger partial charge in [0.05, 0.1) is 0 Å². The highest BCUT2D eigenvalue weighted by molar-refractivity contribution is 5.49. The Kier molecular flexibility index (Phi) is 4.57. The lowest BCUT2D eigenvalue weighted by molar-refractivity contribution is 1.06. The lowest BCUT2D eigenvalue weighted by atomic mass is 10.2. The average Bonchev–Trinajstić information content (AvgIpc) is 2.47. The Balaban J connectivity index is 2.24. The molecule has 0 aliphatic carbocycles. The lowest BCUT2D eigenvalue weighted by Gasteiger charge is -2.16. The Morgan fingerprint density at radius 1 is 0.947 bits per heavy atom. The van der Waals surface area contributed by atoms with Crippen LogP contribution in [0.15, 0.2) is 67.3 Å². The number of rotatable bonds is 4. The van der Waals surface area contributed by atoms with Crippen molar-refractivity contribution in [3.8, 4) is 0 Å². The summed E-state index contributed by atoms with van der Waals surface area (Å²) in [5.41, 5.74) is 1.23. The fraction of sp³-hybridized carbons (Fsp3) is 0.111. The molecule has 0 radical (unpaired) electrons. The molecule has 2 aromatic rings. The Hall–Kier alpha value is -2.28. The molecule has 0 spiro atoms. The first-order valence-corrected chi connectivity index (χ1v) is 6.45. The Labute approximate surface area is 114 Å². The van der Waals surface area contributed by atoms with Crippen LogP contribution < -0.4 is 15.3 Å². The van der Waals surface area contributed by atoms with Gasteiger partial charge in [0.2, 0.25) is 0 Å². The number of benzene rings is 2. The number of para-hydroxylation sites is 1. The Bertz CT molecular complexity index is 641. The second-order valence-corrected chi connectivity index (χ2v) is 4.45. The summed E-state index contributed by atoms with van der Waals surface area (Å²) >= 11 is 0. The van der Waals surface area contributed by atoms with Crippen LogP contribution in [0, 0.1) is 0 Å². The van der Waals surface area contributed by atoms with Crippen LogP contribution in [0.1, 0.15) is 0 Å². The molecule has 0 atom stereocenters. The van der Waals surface area contributed by atoms with Crippen molar-refractivity contribution in [2.45, 2.75) is 0 Å². The fourth-order valence-corrected chi connectivity index (χ4v) is 2.00. The summed E-state index contributed by atoms with van der Waals surface area (Å²) in [4.78, 5) is 2.23. The zero-order chi connectivity index (χ0) is 13.5. The van der Waals surface area contributed by atoms with Gasteiger partial charge in [-0.25, -0.2) is 0 Å². The van der Waals surface area contributed by atoms with Crippen molar-refractivity contribution in [3.05, 3.63) is 77.7 Å². The Morgan fingerprint density at radius 3 is 2.26 bits per heavy atom. The highest BCUT2D eigenvalue weighted by Gasteiger charge is 1.96. The van der Waals surface area contributed by atoms with Crippen molar-refractivity contribution in [3.63, 3.8) is 0 Å². The van der Waals surface area contributed by atoms with Gasteiger partial charge in [-0.1, -0.05) is 67.3 Å². The number of anilines is 1. The molecule has 0 saturated heterocycles. The number of hydrogen-bond donors (Lipinski definition) is 0. The summed E-state index contributed by atoms with van der Waals surface area (Å²) < 4.78 is 0. The van der Waals surface area contributed by atoms with Crippen LogP contribution in [0.5, 0.6) is 0 Å². The maximum atomic E-state index is 3.76. The number of allylic oxidation sites excluding steroid dienone is 1. The largest absolute Gasteiger partial charge is 0.371 e. The quantitative estimate of drug-likeness (QED) is 0.805. The minimum absolute atomic E-state index is 0.881. The van der Waals surface area contributed by atoms with Gasteiger partial charge in [-0.3, -0.25) is 0 Å². The fourth-order valence-electron chi connectivity index (χ4n) is 2.00. The smallest absolute Gasteiger partial charge is 0.0366 e. The van der Waals surface area contributed by atoms with E-state index in [1.165, 1.54) is 16.1 Å². The number of hydrogen-bond acceptors (Lipinski definition) is 1. The minimum Gasteiger partial charge on any atom is -0.371 e. The summed E-state index contributed by atoms with van der Waals surface area (Å²) in [6.45, 7) is 4.64. The van der Waals surface area contributed by atoms with Crippen LogP contribution in [0.2, 0.25) is 0 Å². The lowest BCUT2D eigenvalue weighted by Crippen LogP contribution is -2.27. The topological polar surface area (TPSA) is 3.24 Å². The highest BCUT2D eigenvalue weighted by atomic mass is 15.1. The van der Waals surface area contributed by atoms with Gasteiger partial charge in [-0.2, -0.15) is 0 Å². The summed E-state index contributed by atoms with van der Waals surface area (Å²) in [7, 11) is 2.10. The molecule has 0 N–H and O–H groups in total. The SMILES string of the molecule is C=C/C=c1/cccc/c1=C/CN(C)c1ccccc1. The first-order valence-electron chi connectivity index (χ1n) is 6.45. The van der Waals surface area contributed by atoms with E-state index in [1.54, 1.807) is 0 Å². The predicted octanol–water partition coefficient (Wildman–Crippen LogP) is 2.57. The van der Waals surface area contributed by atoms with E-state index < -0.39 is 0 Å². The van der Waals surface area contributed by atoms with Crippen LogP contribution in [-0.2, 0) is 0 Å². The molecule has 2 aromatic carbocycles. The molecule has 0 aliphatic rings. The van der Waals surface area contributed by atoms with Crippen molar-refractivity contribution in [2.75, 3.05) is 18.5 Å². The van der Waals surface area contributed by atoms with Gasteiger partial charge in [-0.15, -0.1) is 0 Å². The van der Waals surface area contributed by atoms with Crippen LogP contribution in [0.25, 0.3) is 12.2 Å². The summed E-state index contributed by atoms with van der Waals surface area (Å²) in [5, 5.41) is 2.45. The molecule has 0 aromatic heterocycles. The Morgan fingerprint density at radius 2 is 1.58 bits per heavy atom. The molecule has 0 heterocycles. The molecule has 0 unspecified atom stereocenters. The number of nitrogens with zero attached hydrogens (tertiary/aromatic N) is 1. The molecule has 2 rings (SSSR count). The second-order valence-electron chi connectivity index (χ2n) is 4.45. The predicted molar refractivity (Wildman–Crippen MR) is 84.5 cm³/mol. The molecule has 0 bridgehead atoms. The van der Waals surface area contributed by atoms with E-state index >= 15 is 0 Å². The van der Waals surface area contributed by atoms with Gasteiger partial charge in [0.1, 0.15) is 0 Å². The normalized spacial score (nSPS) is 12.5. The van der Waals surface area contributed by atoms with Gasteiger partial charge in [-0.05, 0) is 22.6 Å². The molecule has 0 saturated carbocycles. The van der Waals surface area contributed by atoms with Gasteiger partial charge < -0.3 is 4.90 Å². The average molecular weight is 249 g/mol. The van der Waals surface area contributed by atoms with Crippen LogP contribution in [0.3, 0.4) is 0 Å². The highest BCUT2D eigenvalue weighted by Crippen LogP contribution is 2.09. The summed E-state index contributed by atoms with van der Waals surface area (Å²) in [6.07, 6.45) is 6.10. The first-order chi connectivity index (χ1) is 9.31. The molecule has 0 fully saturated rings. The van der Waals surface area contributed by atoms with Crippen molar-refractivity contribution in [1.29, 1.82) is 0 Å². The molecular formula is C18H19N. The third-order valence-electron chi connectivity index (χ3n) is 3.08. The van der Waals surface area contributed by atoms with Crippen molar-refractivity contribution in [1.82, 2.24) is 0 Å². The molecule has 1 heteroatoms. The van der Waals surface area contributed by atoms with Gasteiger partial charge >= 0.3 is 0 Å². The van der Waals surface area contributed by atoms with E-state index in [-0.39, 0.29) is 0 Å². The van der Waals surface area contributed by atoms with Crippen molar-refractivity contribution in [2.24, 2.45) is 0 Å². The van der Waals surface area contributed by atoms with E-state index in [2.05, 4.69) is 67.1 Å².